The molecule has 0 aliphatic rings. The molecule has 102 valence electrons. The maximum atomic E-state index is 5.89. The van der Waals surface area contributed by atoms with E-state index in [1.54, 1.807) is 18.0 Å². The predicted molar refractivity (Wildman–Crippen MR) is 78.7 cm³/mol. The number of nitrogens with zero attached hydrogens (tertiary/aromatic N) is 2. The van der Waals surface area contributed by atoms with E-state index in [9.17, 15) is 0 Å². The van der Waals surface area contributed by atoms with Crippen molar-refractivity contribution in [1.29, 1.82) is 0 Å². The third-order valence-electron chi connectivity index (χ3n) is 2.76. The number of ether oxygens (including phenoxy) is 1. The van der Waals surface area contributed by atoms with Crippen molar-refractivity contribution in [2.75, 3.05) is 5.75 Å². The fourth-order valence-electron chi connectivity index (χ4n) is 1.83. The lowest BCUT2D eigenvalue weighted by Gasteiger charge is -2.12. The maximum absolute atomic E-state index is 5.89. The molecule has 0 aliphatic heterocycles. The largest absolute Gasteiger partial charge is 0.454 e. The number of benzene rings is 1. The molecule has 2 rings (SSSR count). The lowest BCUT2D eigenvalue weighted by Crippen LogP contribution is -2.01. The first-order valence-corrected chi connectivity index (χ1v) is 7.42. The molecular formula is C14H19N3OS. The molecular weight excluding hydrogens is 258 g/mol. The standard InChI is InChI=1S/C14H19N3OS/c1-3-17-10-11(9-16-17)18-13-6-5-7-14(19-4-2)12(13)8-15/h5-7,9-10H,3-4,8,15H2,1-2H3. The molecule has 4 nitrogen and oxygen atoms in total. The topological polar surface area (TPSA) is 53.1 Å². The maximum Gasteiger partial charge on any atom is 0.165 e. The molecule has 0 saturated heterocycles. The Bertz CT molecular complexity index is 539. The van der Waals surface area contributed by atoms with Crippen LogP contribution in [0.15, 0.2) is 35.5 Å². The van der Waals surface area contributed by atoms with Crippen molar-refractivity contribution in [3.63, 3.8) is 0 Å². The number of aromatic nitrogens is 2. The highest BCUT2D eigenvalue weighted by molar-refractivity contribution is 7.99. The quantitative estimate of drug-likeness (QED) is 0.823. The van der Waals surface area contributed by atoms with Crippen molar-refractivity contribution in [3.05, 3.63) is 36.2 Å². The van der Waals surface area contributed by atoms with Crippen LogP contribution in [0.1, 0.15) is 19.4 Å². The van der Waals surface area contributed by atoms with E-state index in [4.69, 9.17) is 10.5 Å². The minimum Gasteiger partial charge on any atom is -0.454 e. The molecule has 19 heavy (non-hydrogen) atoms. The number of hydrogen-bond donors (Lipinski definition) is 1. The highest BCUT2D eigenvalue weighted by Gasteiger charge is 2.10. The monoisotopic (exact) mass is 277 g/mol. The zero-order chi connectivity index (χ0) is 13.7. The third kappa shape index (κ3) is 3.30. The van der Waals surface area contributed by atoms with Gasteiger partial charge in [-0.25, -0.2) is 0 Å². The fourth-order valence-corrected chi connectivity index (χ4v) is 2.67. The molecule has 0 saturated carbocycles. The van der Waals surface area contributed by atoms with Crippen molar-refractivity contribution < 1.29 is 4.74 Å². The molecule has 1 aromatic heterocycles. The Kier molecular flexibility index (Phi) is 4.87. The van der Waals surface area contributed by atoms with Crippen LogP contribution in [0.4, 0.5) is 0 Å². The summed E-state index contributed by atoms with van der Waals surface area (Å²) in [5, 5.41) is 4.20. The van der Waals surface area contributed by atoms with Gasteiger partial charge in [0, 0.05) is 23.5 Å². The van der Waals surface area contributed by atoms with E-state index >= 15 is 0 Å². The van der Waals surface area contributed by atoms with Gasteiger partial charge in [0.15, 0.2) is 5.75 Å². The number of thioether (sulfide) groups is 1. The average Bonchev–Trinajstić information content (AvgIpc) is 2.87. The van der Waals surface area contributed by atoms with E-state index in [1.165, 1.54) is 4.90 Å². The second-order valence-electron chi connectivity index (χ2n) is 4.00. The molecule has 1 aromatic carbocycles. The van der Waals surface area contributed by atoms with Crippen LogP contribution in [0.25, 0.3) is 0 Å². The van der Waals surface area contributed by atoms with Gasteiger partial charge in [-0.3, -0.25) is 4.68 Å². The molecule has 0 fully saturated rings. The van der Waals surface area contributed by atoms with Gasteiger partial charge in [0.2, 0.25) is 0 Å². The summed E-state index contributed by atoms with van der Waals surface area (Å²) in [4.78, 5) is 1.19. The smallest absolute Gasteiger partial charge is 0.165 e. The van der Waals surface area contributed by atoms with Crippen LogP contribution in [0.5, 0.6) is 11.5 Å². The van der Waals surface area contributed by atoms with Gasteiger partial charge < -0.3 is 10.5 Å². The van der Waals surface area contributed by atoms with E-state index < -0.39 is 0 Å². The van der Waals surface area contributed by atoms with Gasteiger partial charge in [-0.2, -0.15) is 5.10 Å². The summed E-state index contributed by atoms with van der Waals surface area (Å²) < 4.78 is 7.73. The van der Waals surface area contributed by atoms with E-state index in [1.807, 2.05) is 29.9 Å². The van der Waals surface area contributed by atoms with Crippen molar-refractivity contribution >= 4 is 11.8 Å². The SMILES string of the molecule is CCSc1cccc(Oc2cnn(CC)c2)c1CN. The first-order chi connectivity index (χ1) is 9.28. The molecule has 0 spiro atoms. The summed E-state index contributed by atoms with van der Waals surface area (Å²) >= 11 is 1.78. The fraction of sp³-hybridized carbons (Fsp3) is 0.357. The number of rotatable bonds is 6. The zero-order valence-electron chi connectivity index (χ0n) is 11.3. The van der Waals surface area contributed by atoms with Gasteiger partial charge in [-0.05, 0) is 24.8 Å². The lowest BCUT2D eigenvalue weighted by atomic mass is 10.2. The first-order valence-electron chi connectivity index (χ1n) is 6.43. The molecule has 0 aliphatic carbocycles. The summed E-state index contributed by atoms with van der Waals surface area (Å²) in [5.41, 5.74) is 6.91. The van der Waals surface area contributed by atoms with Gasteiger partial charge in [-0.1, -0.05) is 13.0 Å². The van der Waals surface area contributed by atoms with Crippen molar-refractivity contribution in [1.82, 2.24) is 9.78 Å². The Morgan fingerprint density at radius 3 is 2.84 bits per heavy atom. The van der Waals surface area contributed by atoms with Crippen LogP contribution in [-0.4, -0.2) is 15.5 Å². The summed E-state index contributed by atoms with van der Waals surface area (Å²) in [7, 11) is 0. The second-order valence-corrected chi connectivity index (χ2v) is 5.31. The minimum atomic E-state index is 0.473. The van der Waals surface area contributed by atoms with Crippen LogP contribution in [0, 0.1) is 0 Å². The number of nitrogens with two attached hydrogens (primary N) is 1. The second kappa shape index (κ2) is 6.63. The van der Waals surface area contributed by atoms with Gasteiger partial charge in [0.1, 0.15) is 5.75 Å². The molecule has 0 atom stereocenters. The number of hydrogen-bond acceptors (Lipinski definition) is 4. The normalized spacial score (nSPS) is 10.7. The van der Waals surface area contributed by atoms with Crippen LogP contribution in [-0.2, 0) is 13.1 Å². The predicted octanol–water partition coefficient (Wildman–Crippen LogP) is 3.27. The number of aryl methyl sites for hydroxylation is 1. The van der Waals surface area contributed by atoms with Gasteiger partial charge in [0.25, 0.3) is 0 Å². The average molecular weight is 277 g/mol. The van der Waals surface area contributed by atoms with Crippen LogP contribution in [0.2, 0.25) is 0 Å². The van der Waals surface area contributed by atoms with E-state index in [-0.39, 0.29) is 0 Å². The molecule has 2 aromatic rings. The summed E-state index contributed by atoms with van der Waals surface area (Å²) in [6.07, 6.45) is 3.61. The minimum absolute atomic E-state index is 0.473. The zero-order valence-corrected chi connectivity index (χ0v) is 12.1. The molecule has 1 heterocycles. The molecule has 2 N–H and O–H groups in total. The van der Waals surface area contributed by atoms with Crippen molar-refractivity contribution in [2.45, 2.75) is 31.8 Å². The Hall–Kier alpha value is -1.46. The third-order valence-corrected chi connectivity index (χ3v) is 3.74. The van der Waals surface area contributed by atoms with Crippen molar-refractivity contribution in [3.8, 4) is 11.5 Å². The van der Waals surface area contributed by atoms with Crippen LogP contribution in [0.3, 0.4) is 0 Å². The van der Waals surface area contributed by atoms with Gasteiger partial charge in [0.05, 0.1) is 12.4 Å². The Morgan fingerprint density at radius 2 is 2.21 bits per heavy atom. The van der Waals surface area contributed by atoms with Gasteiger partial charge in [-0.15, -0.1) is 11.8 Å². The first kappa shape index (κ1) is 14.0. The Labute approximate surface area is 117 Å². The van der Waals surface area contributed by atoms with Crippen LogP contribution >= 0.6 is 11.8 Å². The molecule has 0 bridgehead atoms. The molecule has 5 heteroatoms. The molecule has 0 radical (unpaired) electrons. The highest BCUT2D eigenvalue weighted by Crippen LogP contribution is 2.32. The Morgan fingerprint density at radius 1 is 1.37 bits per heavy atom. The lowest BCUT2D eigenvalue weighted by molar-refractivity contribution is 0.473. The van der Waals surface area contributed by atoms with E-state index in [0.29, 0.717) is 6.54 Å². The van der Waals surface area contributed by atoms with Crippen LogP contribution < -0.4 is 10.5 Å². The summed E-state index contributed by atoms with van der Waals surface area (Å²) in [6, 6.07) is 6.03. The van der Waals surface area contributed by atoms with E-state index in [2.05, 4.69) is 18.1 Å². The molecule has 0 amide bonds. The van der Waals surface area contributed by atoms with E-state index in [0.717, 1.165) is 29.4 Å². The Balaban J connectivity index is 2.26. The summed E-state index contributed by atoms with van der Waals surface area (Å²) in [5.74, 6) is 2.58. The molecule has 0 unspecified atom stereocenters. The highest BCUT2D eigenvalue weighted by atomic mass is 32.2. The summed E-state index contributed by atoms with van der Waals surface area (Å²) in [6.45, 7) is 5.48. The van der Waals surface area contributed by atoms with Crippen molar-refractivity contribution in [2.24, 2.45) is 5.73 Å². The van der Waals surface area contributed by atoms with Gasteiger partial charge >= 0.3 is 0 Å².